The summed E-state index contributed by atoms with van der Waals surface area (Å²) in [6.45, 7) is 6.46. The molecule has 0 spiro atoms. The Bertz CT molecular complexity index is 4920. The molecule has 1 aliphatic carbocycles. The molecule has 0 unspecified atom stereocenters. The average Bonchev–Trinajstić information content (AvgIpc) is 1.50. The van der Waals surface area contributed by atoms with Crippen molar-refractivity contribution < 1.29 is 6.85 Å². The van der Waals surface area contributed by atoms with Gasteiger partial charge >= 0.3 is 0 Å². The second-order valence-corrected chi connectivity index (χ2v) is 23.9. The molecule has 406 valence electrons. The lowest BCUT2D eigenvalue weighted by atomic mass is 9.33. The van der Waals surface area contributed by atoms with Crippen LogP contribution in [0.3, 0.4) is 0 Å². The predicted octanol–water partition coefficient (Wildman–Crippen LogP) is 19.8. The van der Waals surface area contributed by atoms with E-state index in [9.17, 15) is 5.48 Å². The first kappa shape index (κ1) is 46.0. The summed E-state index contributed by atoms with van der Waals surface area (Å²) in [7, 11) is 0. The van der Waals surface area contributed by atoms with Crippen LogP contribution in [0.25, 0.3) is 66.8 Å². The smallest absolute Gasteiger partial charge is 0.252 e. The molecule has 0 saturated carbocycles. The predicted molar refractivity (Wildman–Crippen MR) is 364 cm³/mol. The summed E-state index contributed by atoms with van der Waals surface area (Å²) < 4.78 is 46.8. The third-order valence-electron chi connectivity index (χ3n) is 18.2. The zero-order valence-electron chi connectivity index (χ0n) is 53.1. The molecule has 2 nitrogen and oxygen atoms in total. The van der Waals surface area contributed by atoms with Crippen molar-refractivity contribution in [2.45, 2.75) is 31.6 Å². The highest BCUT2D eigenvalue weighted by Crippen LogP contribution is 2.60. The third-order valence-corrected chi connectivity index (χ3v) is 18.2. The standard InChI is InChI=1S/C83H61BN2/c1-82(2,3)64-54-69(58-33-14-6-15-34-58)81(70(55-64)59-35-16-7-17-36-59)86-75-48-27-25-46-72(75)84-73-50-49-60(66-43-28-44-68-67-42-22-24-45-71(67)83(79(66)68,62-37-18-8-19-38-62)63-39-20-9-21-40-63)51-76(73)85(74-47-26-23-41-65(74)57-31-12-5-13-32-57)77-52-61(53-78(86)80(77)84)56-29-10-4-11-30-56/h4-55H,1-3H3/i4D,10D,11D,29D,30D. The van der Waals surface area contributed by atoms with Crippen molar-refractivity contribution in [2.75, 3.05) is 9.80 Å². The fourth-order valence-corrected chi connectivity index (χ4v) is 14.4. The number of nitrogens with zero attached hydrogens (tertiary/aromatic N) is 2. The van der Waals surface area contributed by atoms with Crippen LogP contribution in [0.4, 0.5) is 34.1 Å². The molecular formula is C83H61BN2. The highest BCUT2D eigenvalue weighted by molar-refractivity contribution is 7.00. The van der Waals surface area contributed by atoms with E-state index in [0.29, 0.717) is 5.56 Å². The van der Waals surface area contributed by atoms with Gasteiger partial charge in [0, 0.05) is 39.4 Å². The maximum atomic E-state index is 9.77. The van der Waals surface area contributed by atoms with E-state index in [1.54, 1.807) is 0 Å². The number of fused-ring (bicyclic) bond motifs is 7. The number of hydrogen-bond acceptors (Lipinski definition) is 2. The van der Waals surface area contributed by atoms with E-state index in [-0.39, 0.29) is 41.9 Å². The topological polar surface area (TPSA) is 6.48 Å². The Balaban J connectivity index is 1.05. The quantitative estimate of drug-likeness (QED) is 0.133. The van der Waals surface area contributed by atoms with Gasteiger partial charge in [0.15, 0.2) is 0 Å². The zero-order valence-corrected chi connectivity index (χ0v) is 48.1. The second-order valence-electron chi connectivity index (χ2n) is 23.9. The summed E-state index contributed by atoms with van der Waals surface area (Å²) >= 11 is 0. The van der Waals surface area contributed by atoms with E-state index in [1.807, 2.05) is 6.07 Å². The van der Waals surface area contributed by atoms with Gasteiger partial charge in [-0.3, -0.25) is 0 Å². The highest BCUT2D eigenvalue weighted by atomic mass is 15.2. The monoisotopic (exact) mass is 1100 g/mol. The summed E-state index contributed by atoms with van der Waals surface area (Å²) in [6, 6.07) is 101. The fourth-order valence-electron chi connectivity index (χ4n) is 14.4. The molecule has 0 radical (unpaired) electrons. The number of para-hydroxylation sites is 2. The molecule has 0 aromatic heterocycles. The van der Waals surface area contributed by atoms with E-state index in [2.05, 4.69) is 310 Å². The van der Waals surface area contributed by atoms with Crippen molar-refractivity contribution in [2.24, 2.45) is 0 Å². The van der Waals surface area contributed by atoms with Gasteiger partial charge in [0.05, 0.1) is 23.6 Å². The summed E-state index contributed by atoms with van der Waals surface area (Å²) in [6.07, 6.45) is 0. The van der Waals surface area contributed by atoms with Crippen LogP contribution in [0.1, 0.15) is 55.4 Å². The highest BCUT2D eigenvalue weighted by Gasteiger charge is 2.49. The van der Waals surface area contributed by atoms with Crippen molar-refractivity contribution in [1.29, 1.82) is 0 Å². The molecule has 13 aromatic rings. The van der Waals surface area contributed by atoms with Gasteiger partial charge < -0.3 is 9.80 Å². The van der Waals surface area contributed by atoms with Gasteiger partial charge in [-0.15, -0.1) is 0 Å². The molecule has 0 saturated heterocycles. The van der Waals surface area contributed by atoms with Crippen molar-refractivity contribution in [3.63, 3.8) is 0 Å². The molecule has 0 atom stereocenters. The number of rotatable bonds is 9. The first-order chi connectivity index (χ1) is 44.4. The third kappa shape index (κ3) is 8.02. The molecule has 86 heavy (non-hydrogen) atoms. The molecule has 16 rings (SSSR count). The number of hydrogen-bond donors (Lipinski definition) is 0. The Morgan fingerprint density at radius 2 is 0.814 bits per heavy atom. The summed E-state index contributed by atoms with van der Waals surface area (Å²) in [5, 5.41) is 0. The fraction of sp³-hybridized carbons (Fsp3) is 0.0602. The van der Waals surface area contributed by atoms with Gasteiger partial charge in [0.25, 0.3) is 6.71 Å². The van der Waals surface area contributed by atoms with Crippen LogP contribution in [-0.2, 0) is 10.8 Å². The first-order valence-electron chi connectivity index (χ1n) is 32.3. The Morgan fingerprint density at radius 1 is 0.337 bits per heavy atom. The average molecular weight is 1100 g/mol. The maximum absolute atomic E-state index is 9.77. The van der Waals surface area contributed by atoms with Crippen LogP contribution < -0.4 is 26.2 Å². The lowest BCUT2D eigenvalue weighted by molar-refractivity contribution is 0.591. The van der Waals surface area contributed by atoms with E-state index in [4.69, 9.17) is 1.37 Å². The van der Waals surface area contributed by atoms with Crippen molar-refractivity contribution in [3.8, 4) is 66.8 Å². The molecule has 0 fully saturated rings. The van der Waals surface area contributed by atoms with E-state index < -0.39 is 11.5 Å². The lowest BCUT2D eigenvalue weighted by Crippen LogP contribution is -2.61. The van der Waals surface area contributed by atoms with E-state index in [1.165, 1.54) is 38.9 Å². The maximum Gasteiger partial charge on any atom is 0.252 e. The first-order valence-corrected chi connectivity index (χ1v) is 29.8. The molecule has 0 bridgehead atoms. The van der Waals surface area contributed by atoms with Crippen LogP contribution >= 0.6 is 0 Å². The minimum absolute atomic E-state index is 0.128. The Kier molecular flexibility index (Phi) is 10.9. The van der Waals surface area contributed by atoms with Gasteiger partial charge in [-0.2, -0.15) is 0 Å². The van der Waals surface area contributed by atoms with E-state index >= 15 is 0 Å². The van der Waals surface area contributed by atoms with Gasteiger partial charge in [-0.25, -0.2) is 0 Å². The molecule has 0 amide bonds. The van der Waals surface area contributed by atoms with Crippen LogP contribution in [0, 0.1) is 0 Å². The SMILES string of the molecule is [2H]c1c([2H])c([2H])c(-c2cc3c4c(c2)N(c2c(-c5ccccc5)cc(C(C)(C)C)cc2-c2ccccc2)c2ccccc2B4c2ccc(-c4cccc5c4C(c4ccccc4)(c4ccccc4)c4ccccc4-5)cc2N3c2ccccc2-c2ccccc2)c([2H])c1[2H]. The van der Waals surface area contributed by atoms with Crippen molar-refractivity contribution in [3.05, 3.63) is 343 Å². The molecule has 0 N–H and O–H groups in total. The molecule has 13 aromatic carbocycles. The van der Waals surface area contributed by atoms with Gasteiger partial charge in [-0.05, 0) is 142 Å². The molecule has 2 heterocycles. The Morgan fingerprint density at radius 3 is 1.43 bits per heavy atom. The number of benzene rings is 13. The lowest BCUT2D eigenvalue weighted by Gasteiger charge is -2.45. The van der Waals surface area contributed by atoms with E-state index in [0.717, 1.165) is 95.0 Å². The van der Waals surface area contributed by atoms with Crippen LogP contribution in [0.2, 0.25) is 0 Å². The molecule has 3 heteroatoms. The summed E-state index contributed by atoms with van der Waals surface area (Å²) in [5.41, 5.74) is 25.2. The summed E-state index contributed by atoms with van der Waals surface area (Å²) in [4.78, 5) is 4.85. The van der Waals surface area contributed by atoms with Gasteiger partial charge in [0.1, 0.15) is 0 Å². The molecule has 2 aliphatic heterocycles. The molecule has 3 aliphatic rings. The van der Waals surface area contributed by atoms with Crippen LogP contribution in [0.15, 0.2) is 315 Å². The largest absolute Gasteiger partial charge is 0.311 e. The van der Waals surface area contributed by atoms with Gasteiger partial charge in [0.2, 0.25) is 0 Å². The van der Waals surface area contributed by atoms with Crippen LogP contribution in [-0.4, -0.2) is 6.71 Å². The normalized spacial score (nSPS) is 14.1. The van der Waals surface area contributed by atoms with Gasteiger partial charge in [-0.1, -0.05) is 294 Å². The number of anilines is 6. The molecular weight excluding hydrogens is 1040 g/mol. The van der Waals surface area contributed by atoms with Crippen molar-refractivity contribution in [1.82, 2.24) is 0 Å². The van der Waals surface area contributed by atoms with Crippen molar-refractivity contribution >= 4 is 57.2 Å². The Labute approximate surface area is 512 Å². The summed E-state index contributed by atoms with van der Waals surface area (Å²) in [5.74, 6) is 0. The Hall–Kier alpha value is -10.5. The minimum atomic E-state index is -0.686. The minimum Gasteiger partial charge on any atom is -0.311 e. The zero-order chi connectivity index (χ0) is 61.9. The van der Waals surface area contributed by atoms with Crippen LogP contribution in [0.5, 0.6) is 0 Å². The second kappa shape index (κ2) is 20.4.